The number of nitrogens with zero attached hydrogens (tertiary/aromatic N) is 2. The summed E-state index contributed by atoms with van der Waals surface area (Å²) in [6, 6.07) is 7.58. The minimum absolute atomic E-state index is 0.339. The van der Waals surface area contributed by atoms with Crippen LogP contribution >= 0.6 is 11.6 Å². The van der Waals surface area contributed by atoms with Crippen molar-refractivity contribution in [2.75, 3.05) is 31.1 Å². The first-order valence-electron chi connectivity index (χ1n) is 6.86. The number of para-hydroxylation sites is 1. The summed E-state index contributed by atoms with van der Waals surface area (Å²) in [7, 11) is 0. The molecule has 1 aliphatic heterocycles. The average molecular weight is 311 g/mol. The van der Waals surface area contributed by atoms with Gasteiger partial charge in [-0.2, -0.15) is 0 Å². The molecule has 2 rings (SSSR count). The lowest BCUT2D eigenvalue weighted by Crippen LogP contribution is -2.53. The molecule has 0 aromatic heterocycles. The molecule has 1 fully saturated rings. The number of carboxylic acids is 1. The predicted octanol–water partition coefficient (Wildman–Crippen LogP) is 2.10. The normalized spacial score (nSPS) is 16.0. The van der Waals surface area contributed by atoms with Crippen LogP contribution in [0.25, 0.3) is 0 Å². The zero-order valence-corrected chi connectivity index (χ0v) is 12.9. The molecule has 1 aromatic carbocycles. The van der Waals surface area contributed by atoms with Crippen LogP contribution in [0.4, 0.5) is 5.69 Å². The van der Waals surface area contributed by atoms with E-state index in [4.69, 9.17) is 16.7 Å². The maximum Gasteiger partial charge on any atom is 0.318 e. The van der Waals surface area contributed by atoms with Crippen molar-refractivity contribution in [1.82, 2.24) is 4.90 Å². The Hall–Kier alpha value is -1.75. The molecule has 5 nitrogen and oxygen atoms in total. The van der Waals surface area contributed by atoms with Crippen LogP contribution in [0, 0.1) is 5.41 Å². The topological polar surface area (TPSA) is 60.9 Å². The lowest BCUT2D eigenvalue weighted by Gasteiger charge is -2.38. The second kappa shape index (κ2) is 5.93. The van der Waals surface area contributed by atoms with E-state index in [-0.39, 0.29) is 5.91 Å². The average Bonchev–Trinajstić information content (AvgIpc) is 2.47. The highest BCUT2D eigenvalue weighted by Crippen LogP contribution is 2.27. The Bertz CT molecular complexity index is 552. The highest BCUT2D eigenvalue weighted by Gasteiger charge is 2.40. The third kappa shape index (κ3) is 3.13. The van der Waals surface area contributed by atoms with Gasteiger partial charge in [0.05, 0.1) is 10.7 Å². The maximum atomic E-state index is 12.3. The largest absolute Gasteiger partial charge is 0.480 e. The monoisotopic (exact) mass is 310 g/mol. The predicted molar refractivity (Wildman–Crippen MR) is 81.7 cm³/mol. The number of carbonyl (C=O) groups excluding carboxylic acids is 1. The lowest BCUT2D eigenvalue weighted by molar-refractivity contribution is -0.158. The van der Waals surface area contributed by atoms with E-state index in [2.05, 4.69) is 4.90 Å². The zero-order chi connectivity index (χ0) is 15.6. The van der Waals surface area contributed by atoms with E-state index in [9.17, 15) is 9.59 Å². The van der Waals surface area contributed by atoms with E-state index >= 15 is 0 Å². The minimum Gasteiger partial charge on any atom is -0.480 e. The smallest absolute Gasteiger partial charge is 0.318 e. The van der Waals surface area contributed by atoms with Gasteiger partial charge in [-0.05, 0) is 26.0 Å². The molecule has 114 valence electrons. The summed E-state index contributed by atoms with van der Waals surface area (Å²) < 4.78 is 0. The van der Waals surface area contributed by atoms with E-state index in [0.717, 1.165) is 5.69 Å². The molecule has 0 bridgehead atoms. The van der Waals surface area contributed by atoms with Gasteiger partial charge in [0, 0.05) is 26.2 Å². The quantitative estimate of drug-likeness (QED) is 0.869. The van der Waals surface area contributed by atoms with E-state index in [1.54, 1.807) is 4.90 Å². The van der Waals surface area contributed by atoms with Gasteiger partial charge in [-0.3, -0.25) is 9.59 Å². The van der Waals surface area contributed by atoms with Crippen LogP contribution < -0.4 is 4.90 Å². The first-order valence-corrected chi connectivity index (χ1v) is 7.24. The van der Waals surface area contributed by atoms with Crippen molar-refractivity contribution in [3.05, 3.63) is 29.3 Å². The summed E-state index contributed by atoms with van der Waals surface area (Å²) in [6.07, 6.45) is 0. The van der Waals surface area contributed by atoms with Crippen molar-refractivity contribution < 1.29 is 14.7 Å². The molecule has 1 aliphatic rings. The molecule has 0 saturated carbocycles. The highest BCUT2D eigenvalue weighted by atomic mass is 35.5. The summed E-state index contributed by atoms with van der Waals surface area (Å²) in [6.45, 7) is 5.17. The van der Waals surface area contributed by atoms with E-state index in [1.807, 2.05) is 24.3 Å². The fourth-order valence-electron chi connectivity index (χ4n) is 2.35. The number of aliphatic carboxylic acids is 1. The van der Waals surface area contributed by atoms with Gasteiger partial charge in [-0.15, -0.1) is 0 Å². The fourth-order valence-corrected chi connectivity index (χ4v) is 2.60. The number of rotatable bonds is 3. The maximum absolute atomic E-state index is 12.3. The number of amides is 1. The van der Waals surface area contributed by atoms with E-state index in [0.29, 0.717) is 31.2 Å². The van der Waals surface area contributed by atoms with Gasteiger partial charge in [-0.25, -0.2) is 0 Å². The first-order chi connectivity index (χ1) is 9.84. The van der Waals surface area contributed by atoms with Crippen molar-refractivity contribution in [2.45, 2.75) is 13.8 Å². The number of benzene rings is 1. The van der Waals surface area contributed by atoms with Gasteiger partial charge in [0.2, 0.25) is 5.91 Å². The number of carbonyl (C=O) groups is 2. The second-order valence-corrected chi connectivity index (χ2v) is 6.07. The molecular weight excluding hydrogens is 292 g/mol. The SMILES string of the molecule is CC(C)(C(=O)O)C(=O)N1CCN(c2ccccc2Cl)CC1. The van der Waals surface area contributed by atoms with Crippen LogP contribution in [0.3, 0.4) is 0 Å². The number of anilines is 1. The first kappa shape index (κ1) is 15.6. The van der Waals surface area contributed by atoms with Gasteiger partial charge < -0.3 is 14.9 Å². The molecule has 6 heteroatoms. The zero-order valence-electron chi connectivity index (χ0n) is 12.2. The number of halogens is 1. The molecule has 1 heterocycles. The summed E-state index contributed by atoms with van der Waals surface area (Å²) >= 11 is 6.17. The molecule has 0 radical (unpaired) electrons. The van der Waals surface area contributed by atoms with Crippen molar-refractivity contribution in [2.24, 2.45) is 5.41 Å². The molecule has 0 unspecified atom stereocenters. The second-order valence-electron chi connectivity index (χ2n) is 5.66. The Morgan fingerprint density at radius 3 is 2.24 bits per heavy atom. The van der Waals surface area contributed by atoms with Crippen LogP contribution in [0.1, 0.15) is 13.8 Å². The van der Waals surface area contributed by atoms with Crippen LogP contribution in [-0.4, -0.2) is 48.1 Å². The number of hydrogen-bond donors (Lipinski definition) is 1. The highest BCUT2D eigenvalue weighted by molar-refractivity contribution is 6.33. The molecule has 1 amide bonds. The third-order valence-electron chi connectivity index (χ3n) is 3.83. The van der Waals surface area contributed by atoms with Gasteiger partial charge in [0.25, 0.3) is 0 Å². The molecule has 1 N–H and O–H groups in total. The molecule has 0 atom stereocenters. The Morgan fingerprint density at radius 2 is 1.71 bits per heavy atom. The van der Waals surface area contributed by atoms with Crippen LogP contribution in [0.15, 0.2) is 24.3 Å². The van der Waals surface area contributed by atoms with Crippen molar-refractivity contribution in [3.8, 4) is 0 Å². The minimum atomic E-state index is -1.38. The number of piperazine rings is 1. The van der Waals surface area contributed by atoms with Gasteiger partial charge >= 0.3 is 5.97 Å². The Kier molecular flexibility index (Phi) is 4.42. The van der Waals surface area contributed by atoms with Crippen molar-refractivity contribution in [3.63, 3.8) is 0 Å². The molecular formula is C15H19ClN2O3. The molecule has 21 heavy (non-hydrogen) atoms. The lowest BCUT2D eigenvalue weighted by atomic mass is 9.91. The number of carboxylic acid groups (broad SMARTS) is 1. The van der Waals surface area contributed by atoms with Crippen LogP contribution in [0.5, 0.6) is 0 Å². The van der Waals surface area contributed by atoms with Crippen molar-refractivity contribution in [1.29, 1.82) is 0 Å². The number of hydrogen-bond acceptors (Lipinski definition) is 3. The van der Waals surface area contributed by atoms with Crippen molar-refractivity contribution >= 4 is 29.2 Å². The molecule has 0 aliphatic carbocycles. The standard InChI is InChI=1S/C15H19ClN2O3/c1-15(2,14(20)21)13(19)18-9-7-17(8-10-18)12-6-4-3-5-11(12)16/h3-6H,7-10H2,1-2H3,(H,20,21). The molecule has 0 spiro atoms. The Morgan fingerprint density at radius 1 is 1.14 bits per heavy atom. The molecule has 1 saturated heterocycles. The van der Waals surface area contributed by atoms with Crippen LogP contribution in [0.2, 0.25) is 5.02 Å². The fraction of sp³-hybridized carbons (Fsp3) is 0.467. The molecule has 1 aromatic rings. The summed E-state index contributed by atoms with van der Waals surface area (Å²) in [4.78, 5) is 27.2. The van der Waals surface area contributed by atoms with Gasteiger partial charge in [-0.1, -0.05) is 23.7 Å². The Labute approximate surface area is 129 Å². The summed E-state index contributed by atoms with van der Waals surface area (Å²) in [5.41, 5.74) is -0.434. The van der Waals surface area contributed by atoms with E-state index < -0.39 is 11.4 Å². The van der Waals surface area contributed by atoms with Gasteiger partial charge in [0.15, 0.2) is 0 Å². The summed E-state index contributed by atoms with van der Waals surface area (Å²) in [5, 5.41) is 9.82. The Balaban J connectivity index is 2.03. The van der Waals surface area contributed by atoms with E-state index in [1.165, 1.54) is 13.8 Å². The summed E-state index contributed by atoms with van der Waals surface area (Å²) in [5.74, 6) is -1.44. The third-order valence-corrected chi connectivity index (χ3v) is 4.15. The van der Waals surface area contributed by atoms with Gasteiger partial charge in [0.1, 0.15) is 5.41 Å². The van der Waals surface area contributed by atoms with Crippen LogP contribution in [-0.2, 0) is 9.59 Å².